The Morgan fingerprint density at radius 2 is 2.00 bits per heavy atom. The fourth-order valence-electron chi connectivity index (χ4n) is 3.09. The fraction of sp³-hybridized carbons (Fsp3) is 0.643. The van der Waals surface area contributed by atoms with Gasteiger partial charge in [-0.25, -0.2) is 9.59 Å². The average Bonchev–Trinajstić information content (AvgIpc) is 2.58. The maximum Gasteiger partial charge on any atom is 0.410 e. The summed E-state index contributed by atoms with van der Waals surface area (Å²) in [5, 5.41) is 8.59. The Labute approximate surface area is 147 Å². The van der Waals surface area contributed by atoms with Crippen molar-refractivity contribution in [1.82, 2.24) is 14.7 Å². The molecule has 3 heterocycles. The van der Waals surface area contributed by atoms with Gasteiger partial charge in [-0.15, -0.1) is 0 Å². The quantitative estimate of drug-likeness (QED) is 0.427. The van der Waals surface area contributed by atoms with Gasteiger partial charge in [0.15, 0.2) is 6.04 Å². The number of amides is 2. The van der Waals surface area contributed by atoms with E-state index in [-0.39, 0.29) is 23.6 Å². The summed E-state index contributed by atoms with van der Waals surface area (Å²) in [7, 11) is 1.95. The molecule has 11 heteroatoms. The lowest BCUT2D eigenvalue weighted by Gasteiger charge is -2.47. The van der Waals surface area contributed by atoms with Crippen LogP contribution in [-0.4, -0.2) is 99.3 Å². The minimum Gasteiger partial charge on any atom is -0.614 e. The predicted octanol–water partition coefficient (Wildman–Crippen LogP) is -2.03. The lowest BCUT2D eigenvalue weighted by Crippen LogP contribution is -2.73. The summed E-state index contributed by atoms with van der Waals surface area (Å²) in [5.41, 5.74) is 5.49. The van der Waals surface area contributed by atoms with Crippen LogP contribution in [0.5, 0.6) is 0 Å². The van der Waals surface area contributed by atoms with Gasteiger partial charge < -0.3 is 29.9 Å². The molecule has 3 aliphatic rings. The first kappa shape index (κ1) is 18.0. The molecular weight excluding hydrogens is 352 g/mol. The van der Waals surface area contributed by atoms with Crippen molar-refractivity contribution < 1.29 is 28.8 Å². The number of nitrogens with two attached hydrogens (primary N) is 1. The van der Waals surface area contributed by atoms with E-state index in [1.807, 2.05) is 7.05 Å². The molecule has 3 aliphatic heterocycles. The van der Waals surface area contributed by atoms with Gasteiger partial charge in [0.05, 0.1) is 0 Å². The Bertz CT molecular complexity index is 633. The molecule has 2 unspecified atom stereocenters. The second-order valence-corrected chi connectivity index (χ2v) is 7.79. The second kappa shape index (κ2) is 6.83. The Balaban J connectivity index is 1.70. The fourth-order valence-corrected chi connectivity index (χ4v) is 4.72. The van der Waals surface area contributed by atoms with Crippen LogP contribution in [0.2, 0.25) is 0 Å². The predicted molar refractivity (Wildman–Crippen MR) is 86.7 cm³/mol. The second-order valence-electron chi connectivity index (χ2n) is 6.25. The smallest absolute Gasteiger partial charge is 0.410 e. The summed E-state index contributed by atoms with van der Waals surface area (Å²) in [6.45, 7) is 2.18. The molecule has 0 bridgehead atoms. The Kier molecular flexibility index (Phi) is 4.91. The molecule has 138 valence electrons. The van der Waals surface area contributed by atoms with Gasteiger partial charge in [0.25, 0.3) is 5.91 Å². The number of rotatable bonds is 3. The molecule has 2 saturated heterocycles. The van der Waals surface area contributed by atoms with E-state index in [1.165, 1.54) is 4.90 Å². The highest BCUT2D eigenvalue weighted by Gasteiger charge is 2.58. The monoisotopic (exact) mass is 372 g/mol. The number of aliphatic carboxylic acids is 1. The molecular formula is C14H20N4O6S. The van der Waals surface area contributed by atoms with E-state index in [2.05, 4.69) is 4.90 Å². The van der Waals surface area contributed by atoms with Crippen molar-refractivity contribution in [2.45, 2.75) is 11.4 Å². The molecule has 0 aromatic rings. The molecule has 0 aromatic heterocycles. The maximum atomic E-state index is 12.2. The number of carboxylic acids is 1. The molecule has 0 saturated carbocycles. The summed E-state index contributed by atoms with van der Waals surface area (Å²) in [5.74, 6) is -1.99. The van der Waals surface area contributed by atoms with Crippen LogP contribution in [0.15, 0.2) is 11.3 Å². The molecule has 3 atom stereocenters. The van der Waals surface area contributed by atoms with Crippen molar-refractivity contribution in [2.75, 3.05) is 45.6 Å². The summed E-state index contributed by atoms with van der Waals surface area (Å²) < 4.78 is 17.4. The van der Waals surface area contributed by atoms with E-state index >= 15 is 0 Å². The van der Waals surface area contributed by atoms with Crippen LogP contribution in [0.4, 0.5) is 4.79 Å². The van der Waals surface area contributed by atoms with Crippen LogP contribution in [0.3, 0.4) is 0 Å². The lowest BCUT2D eigenvalue weighted by molar-refractivity contribution is -0.148. The topological polar surface area (TPSA) is 139 Å². The standard InChI is InChI=1S/C14H20N4O6S/c1-16-2-4-17(5-3-16)14(22)24-6-8-7-25(23)12-9(15)11(19)18(12)10(8)13(20)21/h9,12H,2-7,15H2,1H3,(H,20,21)/t9?,12-,25?/m1/s1. The van der Waals surface area contributed by atoms with Crippen molar-refractivity contribution in [3.63, 3.8) is 0 Å². The zero-order valence-corrected chi connectivity index (χ0v) is 14.5. The summed E-state index contributed by atoms with van der Waals surface area (Å²) in [4.78, 5) is 40.1. The average molecular weight is 372 g/mol. The first-order chi connectivity index (χ1) is 11.8. The Morgan fingerprint density at radius 3 is 2.60 bits per heavy atom. The normalized spacial score (nSPS) is 30.0. The summed E-state index contributed by atoms with van der Waals surface area (Å²) in [6.07, 6.45) is -0.551. The number of likely N-dealkylation sites (N-methyl/N-ethyl adjacent to an activating group) is 1. The number of piperazine rings is 1. The van der Waals surface area contributed by atoms with Crippen LogP contribution in [0.1, 0.15) is 0 Å². The van der Waals surface area contributed by atoms with Crippen LogP contribution in [0, 0.1) is 0 Å². The van der Waals surface area contributed by atoms with E-state index in [0.717, 1.165) is 18.0 Å². The van der Waals surface area contributed by atoms with Crippen LogP contribution < -0.4 is 5.73 Å². The van der Waals surface area contributed by atoms with Gasteiger partial charge in [-0.1, -0.05) is 0 Å². The SMILES string of the molecule is CN1CCN(C(=O)OCC2=C(C(=O)O)N3C(=O)C(N)[C@H]3[S+]([O-])C2)CC1. The number of carbonyl (C=O) groups excluding carboxylic acids is 2. The lowest BCUT2D eigenvalue weighted by atomic mass is 10.0. The van der Waals surface area contributed by atoms with Gasteiger partial charge in [-0.2, -0.15) is 0 Å². The third kappa shape index (κ3) is 3.19. The third-order valence-electron chi connectivity index (χ3n) is 4.58. The minimum absolute atomic E-state index is 0.0835. The molecule has 10 nitrogen and oxygen atoms in total. The summed E-state index contributed by atoms with van der Waals surface area (Å²) >= 11 is -1.52. The minimum atomic E-state index is -1.52. The van der Waals surface area contributed by atoms with Gasteiger partial charge in [0, 0.05) is 31.8 Å². The number of hydrogen-bond donors (Lipinski definition) is 2. The van der Waals surface area contributed by atoms with E-state index in [1.54, 1.807) is 0 Å². The zero-order chi connectivity index (χ0) is 18.3. The number of nitrogens with zero attached hydrogens (tertiary/aromatic N) is 3. The number of fused-ring (bicyclic) bond motifs is 1. The van der Waals surface area contributed by atoms with Crippen molar-refractivity contribution in [3.8, 4) is 0 Å². The highest BCUT2D eigenvalue weighted by atomic mass is 32.2. The highest BCUT2D eigenvalue weighted by molar-refractivity contribution is 7.92. The van der Waals surface area contributed by atoms with Gasteiger partial charge in [0.1, 0.15) is 18.1 Å². The van der Waals surface area contributed by atoms with Crippen LogP contribution in [0.25, 0.3) is 0 Å². The van der Waals surface area contributed by atoms with E-state index in [4.69, 9.17) is 10.5 Å². The van der Waals surface area contributed by atoms with Crippen molar-refractivity contribution in [1.29, 1.82) is 0 Å². The van der Waals surface area contributed by atoms with Crippen LogP contribution >= 0.6 is 0 Å². The Morgan fingerprint density at radius 1 is 1.36 bits per heavy atom. The molecule has 0 aliphatic carbocycles. The first-order valence-corrected chi connectivity index (χ1v) is 9.21. The van der Waals surface area contributed by atoms with Crippen LogP contribution in [-0.2, 0) is 25.5 Å². The van der Waals surface area contributed by atoms with E-state index < -0.39 is 40.6 Å². The molecule has 0 aromatic carbocycles. The molecule has 0 spiro atoms. The molecule has 25 heavy (non-hydrogen) atoms. The molecule has 3 N–H and O–H groups in total. The van der Waals surface area contributed by atoms with Gasteiger partial charge >= 0.3 is 12.1 Å². The van der Waals surface area contributed by atoms with E-state index in [0.29, 0.717) is 13.1 Å². The molecule has 0 radical (unpaired) electrons. The first-order valence-electron chi connectivity index (χ1n) is 7.82. The van der Waals surface area contributed by atoms with Crippen molar-refractivity contribution in [3.05, 3.63) is 11.3 Å². The number of hydrogen-bond acceptors (Lipinski definition) is 7. The highest BCUT2D eigenvalue weighted by Crippen LogP contribution is 2.35. The summed E-state index contributed by atoms with van der Waals surface area (Å²) in [6, 6.07) is -0.954. The molecule has 3 rings (SSSR count). The molecule has 2 fully saturated rings. The molecule has 2 amide bonds. The van der Waals surface area contributed by atoms with E-state index in [9.17, 15) is 24.0 Å². The van der Waals surface area contributed by atoms with Crippen molar-refractivity contribution in [2.24, 2.45) is 5.73 Å². The van der Waals surface area contributed by atoms with Gasteiger partial charge in [-0.3, -0.25) is 9.69 Å². The largest absolute Gasteiger partial charge is 0.614 e. The van der Waals surface area contributed by atoms with Gasteiger partial charge in [0.2, 0.25) is 5.37 Å². The maximum absolute atomic E-state index is 12.2. The number of carboxylic acid groups (broad SMARTS) is 1. The number of β-lactam (4-membered cyclic amide) rings is 1. The van der Waals surface area contributed by atoms with Crippen molar-refractivity contribution >= 4 is 29.1 Å². The Hall–Kier alpha value is -1.82. The zero-order valence-electron chi connectivity index (χ0n) is 13.7. The number of carbonyl (C=O) groups is 3. The number of ether oxygens (including phenoxy) is 1. The van der Waals surface area contributed by atoms with Gasteiger partial charge in [-0.05, 0) is 18.2 Å². The third-order valence-corrected chi connectivity index (χ3v) is 6.26.